The number of thiazole rings is 1. The van der Waals surface area contributed by atoms with Crippen LogP contribution in [0.1, 0.15) is 24.1 Å². The second kappa shape index (κ2) is 11.9. The van der Waals surface area contributed by atoms with Crippen molar-refractivity contribution in [3.63, 3.8) is 0 Å². The van der Waals surface area contributed by atoms with E-state index in [2.05, 4.69) is 4.99 Å². The minimum Gasteiger partial charge on any atom is -0.496 e. The van der Waals surface area contributed by atoms with Gasteiger partial charge in [-0.05, 0) is 25.1 Å². The van der Waals surface area contributed by atoms with Crippen molar-refractivity contribution in [1.29, 1.82) is 0 Å². The fraction of sp³-hybridized carbons (Fsp3) is 0.259. The Labute approximate surface area is 222 Å². The normalized spacial score (nSPS) is 15.0. The predicted octanol–water partition coefficient (Wildman–Crippen LogP) is 1.30. The SMILES string of the molecule is COCCOC(=O)C1=C(C)N=c2sc(=Cc3ccccc3OCC(N)=O)c(=O)n2C1c1ccccc1OC. The summed E-state index contributed by atoms with van der Waals surface area (Å²) in [6.45, 7) is 1.69. The lowest BCUT2D eigenvalue weighted by Crippen LogP contribution is -2.40. The number of hydrogen-bond acceptors (Lipinski definition) is 9. The third-order valence-electron chi connectivity index (χ3n) is 5.77. The van der Waals surface area contributed by atoms with Gasteiger partial charge in [-0.25, -0.2) is 9.79 Å². The summed E-state index contributed by atoms with van der Waals surface area (Å²) in [4.78, 5) is 43.3. The van der Waals surface area contributed by atoms with Crippen LogP contribution in [0, 0.1) is 0 Å². The van der Waals surface area contributed by atoms with Gasteiger partial charge < -0.3 is 24.7 Å². The van der Waals surface area contributed by atoms with Gasteiger partial charge in [0.1, 0.15) is 24.1 Å². The second-order valence-corrected chi connectivity index (χ2v) is 9.25. The number of amides is 1. The second-order valence-electron chi connectivity index (χ2n) is 8.25. The van der Waals surface area contributed by atoms with E-state index in [9.17, 15) is 14.4 Å². The van der Waals surface area contributed by atoms with E-state index in [4.69, 9.17) is 24.7 Å². The smallest absolute Gasteiger partial charge is 0.338 e. The van der Waals surface area contributed by atoms with Crippen LogP contribution < -0.4 is 30.1 Å². The first-order valence-electron chi connectivity index (χ1n) is 11.7. The van der Waals surface area contributed by atoms with Gasteiger partial charge in [-0.1, -0.05) is 47.7 Å². The molecule has 0 saturated heterocycles. The molecule has 1 unspecified atom stereocenters. The number of hydrogen-bond donors (Lipinski definition) is 1. The Morgan fingerprint density at radius 1 is 1.08 bits per heavy atom. The summed E-state index contributed by atoms with van der Waals surface area (Å²) in [5.74, 6) is -0.304. The van der Waals surface area contributed by atoms with Crippen molar-refractivity contribution >= 4 is 29.3 Å². The highest BCUT2D eigenvalue weighted by molar-refractivity contribution is 7.07. The van der Waals surface area contributed by atoms with Crippen LogP contribution >= 0.6 is 11.3 Å². The lowest BCUT2D eigenvalue weighted by Gasteiger charge is -2.26. The summed E-state index contributed by atoms with van der Waals surface area (Å²) in [7, 11) is 3.04. The molecule has 0 saturated carbocycles. The summed E-state index contributed by atoms with van der Waals surface area (Å²) in [6, 6.07) is 13.3. The van der Waals surface area contributed by atoms with E-state index in [-0.39, 0.29) is 31.0 Å². The molecule has 0 radical (unpaired) electrons. The Morgan fingerprint density at radius 2 is 1.79 bits per heavy atom. The molecule has 0 bridgehead atoms. The topological polar surface area (TPSA) is 131 Å². The van der Waals surface area contributed by atoms with Crippen molar-refractivity contribution in [2.24, 2.45) is 10.7 Å². The first-order chi connectivity index (χ1) is 18.3. The number of nitrogens with two attached hydrogens (primary N) is 1. The molecule has 10 nitrogen and oxygen atoms in total. The fourth-order valence-electron chi connectivity index (χ4n) is 4.09. The van der Waals surface area contributed by atoms with E-state index >= 15 is 0 Å². The molecule has 2 N–H and O–H groups in total. The van der Waals surface area contributed by atoms with Gasteiger partial charge in [-0.15, -0.1) is 0 Å². The van der Waals surface area contributed by atoms with Crippen molar-refractivity contribution in [1.82, 2.24) is 4.57 Å². The molecule has 0 spiro atoms. The van der Waals surface area contributed by atoms with Crippen LogP contribution in [0.4, 0.5) is 0 Å². The number of fused-ring (bicyclic) bond motifs is 1. The number of primary amides is 1. The number of carbonyl (C=O) groups excluding carboxylic acids is 2. The lowest BCUT2D eigenvalue weighted by atomic mass is 9.95. The molecule has 1 amide bonds. The number of benzene rings is 2. The van der Waals surface area contributed by atoms with Crippen molar-refractivity contribution in [3.05, 3.63) is 90.6 Å². The van der Waals surface area contributed by atoms with E-state index in [0.717, 1.165) is 0 Å². The minimum absolute atomic E-state index is 0.0528. The van der Waals surface area contributed by atoms with E-state index in [1.165, 1.54) is 30.1 Å². The molecule has 1 aliphatic rings. The summed E-state index contributed by atoms with van der Waals surface area (Å²) in [5.41, 5.74) is 6.72. The van der Waals surface area contributed by atoms with E-state index < -0.39 is 17.9 Å². The molecular formula is C27H27N3O7S. The summed E-state index contributed by atoms with van der Waals surface area (Å²) >= 11 is 1.17. The van der Waals surface area contributed by atoms with Crippen LogP contribution in [0.25, 0.3) is 6.08 Å². The molecule has 1 aliphatic heterocycles. The van der Waals surface area contributed by atoms with E-state index in [0.29, 0.717) is 37.7 Å². The maximum absolute atomic E-state index is 13.8. The molecule has 4 rings (SSSR count). The van der Waals surface area contributed by atoms with Crippen LogP contribution in [0.3, 0.4) is 0 Å². The number of allylic oxidation sites excluding steroid dienone is 1. The Bertz CT molecular complexity index is 1570. The Kier molecular flexibility index (Phi) is 8.39. The van der Waals surface area contributed by atoms with Gasteiger partial charge in [0.2, 0.25) is 0 Å². The number of methoxy groups -OCH3 is 2. The maximum Gasteiger partial charge on any atom is 0.338 e. The molecule has 0 aliphatic carbocycles. The third kappa shape index (κ3) is 5.53. The van der Waals surface area contributed by atoms with Crippen LogP contribution in [-0.2, 0) is 19.1 Å². The molecule has 2 heterocycles. The zero-order valence-electron chi connectivity index (χ0n) is 21.1. The first-order valence-corrected chi connectivity index (χ1v) is 12.5. The molecule has 198 valence electrons. The summed E-state index contributed by atoms with van der Waals surface area (Å²) in [5, 5.41) is 0. The van der Waals surface area contributed by atoms with Gasteiger partial charge in [-0.3, -0.25) is 14.2 Å². The number of nitrogens with zero attached hydrogens (tertiary/aromatic N) is 2. The van der Waals surface area contributed by atoms with E-state index in [1.54, 1.807) is 49.4 Å². The summed E-state index contributed by atoms with van der Waals surface area (Å²) < 4.78 is 23.4. The fourth-order valence-corrected chi connectivity index (χ4v) is 5.12. The predicted molar refractivity (Wildman–Crippen MR) is 141 cm³/mol. The average molecular weight is 538 g/mol. The van der Waals surface area contributed by atoms with Gasteiger partial charge in [0, 0.05) is 18.2 Å². The number of rotatable bonds is 10. The van der Waals surface area contributed by atoms with Crippen molar-refractivity contribution < 1.29 is 28.5 Å². The number of esters is 1. The zero-order chi connectivity index (χ0) is 27.2. The molecule has 11 heteroatoms. The molecule has 1 aromatic heterocycles. The standard InChI is InChI=1S/C27H27N3O7S/c1-16-23(26(33)36-13-12-34-2)24(18-9-5-7-11-20(18)35-3)30-25(32)21(38-27(30)29-16)14-17-8-4-6-10-19(17)37-15-22(28)31/h4-11,14,24H,12-13,15H2,1-3H3,(H2,28,31). The highest BCUT2D eigenvalue weighted by atomic mass is 32.1. The van der Waals surface area contributed by atoms with Crippen LogP contribution in [0.2, 0.25) is 0 Å². The Hall–Kier alpha value is -4.22. The van der Waals surface area contributed by atoms with Crippen LogP contribution in [-0.4, -0.2) is 50.5 Å². The highest BCUT2D eigenvalue weighted by Crippen LogP contribution is 2.35. The number of ether oxygens (including phenoxy) is 4. The third-order valence-corrected chi connectivity index (χ3v) is 6.75. The minimum atomic E-state index is -0.832. The molecule has 2 aromatic carbocycles. The molecule has 38 heavy (non-hydrogen) atoms. The zero-order valence-corrected chi connectivity index (χ0v) is 21.9. The molecule has 3 aromatic rings. The quantitative estimate of drug-likeness (QED) is 0.305. The van der Waals surface area contributed by atoms with Gasteiger partial charge in [0.05, 0.1) is 29.5 Å². The van der Waals surface area contributed by atoms with Crippen molar-refractivity contribution in [2.75, 3.05) is 34.0 Å². The monoisotopic (exact) mass is 537 g/mol. The number of para-hydroxylation sites is 2. The molecule has 0 fully saturated rings. The van der Waals surface area contributed by atoms with Crippen molar-refractivity contribution in [2.45, 2.75) is 13.0 Å². The van der Waals surface area contributed by atoms with Gasteiger partial charge in [0.15, 0.2) is 11.4 Å². The Morgan fingerprint density at radius 3 is 2.50 bits per heavy atom. The maximum atomic E-state index is 13.8. The first kappa shape index (κ1) is 26.8. The Balaban J connectivity index is 1.89. The van der Waals surface area contributed by atoms with Gasteiger partial charge in [-0.2, -0.15) is 0 Å². The summed E-state index contributed by atoms with van der Waals surface area (Å²) in [6.07, 6.45) is 1.66. The van der Waals surface area contributed by atoms with Crippen LogP contribution in [0.5, 0.6) is 11.5 Å². The van der Waals surface area contributed by atoms with E-state index in [1.807, 2.05) is 12.1 Å². The van der Waals surface area contributed by atoms with Gasteiger partial charge >= 0.3 is 5.97 Å². The largest absolute Gasteiger partial charge is 0.496 e. The van der Waals surface area contributed by atoms with Crippen molar-refractivity contribution in [3.8, 4) is 11.5 Å². The number of aromatic nitrogens is 1. The molecular weight excluding hydrogens is 510 g/mol. The number of carbonyl (C=O) groups is 2. The highest BCUT2D eigenvalue weighted by Gasteiger charge is 2.35. The van der Waals surface area contributed by atoms with Crippen LogP contribution in [0.15, 0.2) is 69.6 Å². The molecule has 1 atom stereocenters. The average Bonchev–Trinajstić information content (AvgIpc) is 3.21. The lowest BCUT2D eigenvalue weighted by molar-refractivity contribution is -0.140. The van der Waals surface area contributed by atoms with Gasteiger partial charge in [0.25, 0.3) is 11.5 Å².